The first kappa shape index (κ1) is 20.3. The minimum Gasteiger partial charge on any atom is -0.490 e. The van der Waals surface area contributed by atoms with E-state index in [-0.39, 0.29) is 18.8 Å². The Labute approximate surface area is 187 Å². The van der Waals surface area contributed by atoms with E-state index in [1.54, 1.807) is 35.2 Å². The number of hydrogen-bond acceptors (Lipinski definition) is 5. The highest BCUT2D eigenvalue weighted by atomic mass is 35.5. The Kier molecular flexibility index (Phi) is 5.32. The van der Waals surface area contributed by atoms with E-state index in [4.69, 9.17) is 37.1 Å². The lowest BCUT2D eigenvalue weighted by Gasteiger charge is -2.20. The normalized spacial score (nSPS) is 20.9. The molecule has 1 saturated carbocycles. The van der Waals surface area contributed by atoms with Gasteiger partial charge in [0, 0.05) is 29.2 Å². The van der Waals surface area contributed by atoms with E-state index in [9.17, 15) is 9.59 Å². The van der Waals surface area contributed by atoms with E-state index in [1.807, 2.05) is 6.07 Å². The van der Waals surface area contributed by atoms with Crippen molar-refractivity contribution in [1.82, 2.24) is 9.88 Å². The molecule has 2 heterocycles. The molecule has 1 aliphatic carbocycles. The largest absolute Gasteiger partial charge is 0.490 e. The monoisotopic (exact) mass is 462 g/mol. The van der Waals surface area contributed by atoms with Crippen molar-refractivity contribution >= 4 is 40.4 Å². The third kappa shape index (κ3) is 4.38. The summed E-state index contributed by atoms with van der Waals surface area (Å²) >= 11 is 12.0. The fourth-order valence-electron chi connectivity index (χ4n) is 4.61. The molecule has 0 bridgehead atoms. The number of ether oxygens (including phenoxy) is 2. The second-order valence-electron chi connectivity index (χ2n) is 8.14. The minimum atomic E-state index is -0.479. The standard InChI is InChI=1S/C22H20Cl2N2O5/c23-15-3-12(4-16(24)7-15)11-29-22(28)26-9-13-5-18(6-14(13)10-26)30-17-1-2-19-20(8-17)31-21(27)25-19/h1-4,7-8,13-14,18H,5-6,9-11H2,(H,25,27)/t13-,14-/m1/s1. The number of rotatable bonds is 4. The Morgan fingerprint density at radius 3 is 2.52 bits per heavy atom. The molecule has 1 saturated heterocycles. The molecule has 1 N–H and O–H groups in total. The summed E-state index contributed by atoms with van der Waals surface area (Å²) in [7, 11) is 0. The van der Waals surface area contributed by atoms with Crippen LogP contribution in [0.4, 0.5) is 4.79 Å². The Bertz CT molecular complexity index is 1160. The Morgan fingerprint density at radius 1 is 1.10 bits per heavy atom. The molecule has 2 aliphatic rings. The van der Waals surface area contributed by atoms with Crippen LogP contribution in [0.15, 0.2) is 45.6 Å². The maximum absolute atomic E-state index is 12.5. The number of nitrogens with zero attached hydrogens (tertiary/aromatic N) is 1. The first-order valence-corrected chi connectivity index (χ1v) is 10.8. The van der Waals surface area contributed by atoms with Gasteiger partial charge >= 0.3 is 11.8 Å². The van der Waals surface area contributed by atoms with Gasteiger partial charge < -0.3 is 18.8 Å². The summed E-state index contributed by atoms with van der Waals surface area (Å²) in [6.45, 7) is 1.45. The summed E-state index contributed by atoms with van der Waals surface area (Å²) in [5.74, 6) is 0.962. The maximum Gasteiger partial charge on any atom is 0.417 e. The van der Waals surface area contributed by atoms with Crippen LogP contribution >= 0.6 is 23.2 Å². The van der Waals surface area contributed by atoms with Crippen molar-refractivity contribution < 1.29 is 18.7 Å². The first-order chi connectivity index (χ1) is 14.9. The molecule has 2 atom stereocenters. The number of oxazole rings is 1. The maximum atomic E-state index is 12.5. The highest BCUT2D eigenvalue weighted by molar-refractivity contribution is 6.34. The van der Waals surface area contributed by atoms with Gasteiger partial charge in [0.1, 0.15) is 12.4 Å². The number of amides is 1. The van der Waals surface area contributed by atoms with Gasteiger partial charge in [0.25, 0.3) is 0 Å². The smallest absolute Gasteiger partial charge is 0.417 e. The van der Waals surface area contributed by atoms with Crippen molar-refractivity contribution in [3.63, 3.8) is 0 Å². The van der Waals surface area contributed by atoms with Crippen LogP contribution in [0, 0.1) is 11.8 Å². The SMILES string of the molecule is O=C(OCc1cc(Cl)cc(Cl)c1)N1C[C@H]2CC(Oc3ccc4[nH]c(=O)oc4c3)C[C@@H]2C1. The van der Waals surface area contributed by atoms with Gasteiger partial charge in [0.2, 0.25) is 0 Å². The number of halogens is 2. The molecule has 0 radical (unpaired) electrons. The molecule has 1 aliphatic heterocycles. The van der Waals surface area contributed by atoms with E-state index in [1.165, 1.54) is 0 Å². The first-order valence-electron chi connectivity index (χ1n) is 10.1. The van der Waals surface area contributed by atoms with Crippen molar-refractivity contribution in [2.45, 2.75) is 25.6 Å². The predicted molar refractivity (Wildman–Crippen MR) is 116 cm³/mol. The number of carbonyl (C=O) groups excluding carboxylic acids is 1. The Morgan fingerprint density at radius 2 is 1.81 bits per heavy atom. The quantitative estimate of drug-likeness (QED) is 0.598. The van der Waals surface area contributed by atoms with Crippen LogP contribution < -0.4 is 10.5 Å². The van der Waals surface area contributed by atoms with Crippen molar-refractivity contribution in [2.24, 2.45) is 11.8 Å². The van der Waals surface area contributed by atoms with E-state index in [0.29, 0.717) is 51.8 Å². The number of fused-ring (bicyclic) bond motifs is 2. The van der Waals surface area contributed by atoms with Gasteiger partial charge in [-0.1, -0.05) is 23.2 Å². The number of aromatic amines is 1. The molecular formula is C22H20Cl2N2O5. The number of H-pyrrole nitrogens is 1. The summed E-state index contributed by atoms with van der Waals surface area (Å²) in [6, 6.07) is 10.4. The lowest BCUT2D eigenvalue weighted by molar-refractivity contribution is 0.0986. The second kappa shape index (κ2) is 8.13. The highest BCUT2D eigenvalue weighted by Crippen LogP contribution is 2.40. The Balaban J connectivity index is 1.14. The third-order valence-corrected chi connectivity index (χ3v) is 6.38. The van der Waals surface area contributed by atoms with Crippen LogP contribution in [0.3, 0.4) is 0 Å². The average Bonchev–Trinajstić information content (AvgIpc) is 3.37. The fourth-order valence-corrected chi connectivity index (χ4v) is 5.18. The van der Waals surface area contributed by atoms with Crippen LogP contribution in [-0.4, -0.2) is 35.2 Å². The molecule has 2 fully saturated rings. The molecule has 9 heteroatoms. The molecule has 7 nitrogen and oxygen atoms in total. The van der Waals surface area contributed by atoms with Crippen LogP contribution in [0.5, 0.6) is 5.75 Å². The Hall–Kier alpha value is -2.64. The van der Waals surface area contributed by atoms with Crippen LogP contribution in [0.1, 0.15) is 18.4 Å². The van der Waals surface area contributed by atoms with Crippen LogP contribution in [-0.2, 0) is 11.3 Å². The van der Waals surface area contributed by atoms with Gasteiger partial charge in [0.15, 0.2) is 5.58 Å². The van der Waals surface area contributed by atoms with Gasteiger partial charge in [-0.25, -0.2) is 9.59 Å². The zero-order chi connectivity index (χ0) is 21.5. The lowest BCUT2D eigenvalue weighted by Crippen LogP contribution is -2.31. The second-order valence-corrected chi connectivity index (χ2v) is 9.01. The van der Waals surface area contributed by atoms with Crippen molar-refractivity contribution in [1.29, 1.82) is 0 Å². The molecular weight excluding hydrogens is 443 g/mol. The molecule has 3 aromatic rings. The summed E-state index contributed by atoms with van der Waals surface area (Å²) in [6.07, 6.45) is 1.49. The topological polar surface area (TPSA) is 84.8 Å². The van der Waals surface area contributed by atoms with Crippen molar-refractivity contribution in [2.75, 3.05) is 13.1 Å². The van der Waals surface area contributed by atoms with Gasteiger partial charge in [-0.2, -0.15) is 0 Å². The molecule has 5 rings (SSSR count). The molecule has 2 aromatic carbocycles. The number of hydrogen-bond donors (Lipinski definition) is 1. The zero-order valence-corrected chi connectivity index (χ0v) is 18.0. The molecule has 31 heavy (non-hydrogen) atoms. The number of likely N-dealkylation sites (tertiary alicyclic amines) is 1. The number of carbonyl (C=O) groups is 1. The number of nitrogens with one attached hydrogen (secondary N) is 1. The number of benzene rings is 2. The summed E-state index contributed by atoms with van der Waals surface area (Å²) < 4.78 is 16.7. The van der Waals surface area contributed by atoms with Gasteiger partial charge in [-0.3, -0.25) is 4.98 Å². The summed E-state index contributed by atoms with van der Waals surface area (Å²) in [5, 5.41) is 1.02. The molecule has 1 amide bonds. The lowest BCUT2D eigenvalue weighted by atomic mass is 10.0. The van der Waals surface area contributed by atoms with Crippen LogP contribution in [0.2, 0.25) is 10.0 Å². The molecule has 1 aromatic heterocycles. The van der Waals surface area contributed by atoms with Crippen molar-refractivity contribution in [3.8, 4) is 5.75 Å². The summed E-state index contributed by atoms with van der Waals surface area (Å²) in [4.78, 5) is 28.2. The van der Waals surface area contributed by atoms with E-state index < -0.39 is 5.76 Å². The van der Waals surface area contributed by atoms with E-state index in [2.05, 4.69) is 4.98 Å². The fraction of sp³-hybridized carbons (Fsp3) is 0.364. The number of aromatic nitrogens is 1. The van der Waals surface area contributed by atoms with E-state index >= 15 is 0 Å². The van der Waals surface area contributed by atoms with Crippen molar-refractivity contribution in [3.05, 3.63) is 62.6 Å². The van der Waals surface area contributed by atoms with Gasteiger partial charge in [-0.15, -0.1) is 0 Å². The van der Waals surface area contributed by atoms with E-state index in [0.717, 1.165) is 18.4 Å². The predicted octanol–water partition coefficient (Wildman–Crippen LogP) is 4.85. The van der Waals surface area contributed by atoms with Crippen LogP contribution in [0.25, 0.3) is 11.1 Å². The minimum absolute atomic E-state index is 0.0740. The van der Waals surface area contributed by atoms with Gasteiger partial charge in [0.05, 0.1) is 11.6 Å². The molecule has 0 spiro atoms. The van der Waals surface area contributed by atoms with Gasteiger partial charge in [-0.05, 0) is 60.6 Å². The average molecular weight is 463 g/mol. The third-order valence-electron chi connectivity index (χ3n) is 5.95. The molecule has 162 valence electrons. The highest BCUT2D eigenvalue weighted by Gasteiger charge is 2.43. The molecule has 0 unspecified atom stereocenters. The summed E-state index contributed by atoms with van der Waals surface area (Å²) in [5.41, 5.74) is 1.89. The zero-order valence-electron chi connectivity index (χ0n) is 16.5.